The molecule has 0 aliphatic heterocycles. The van der Waals surface area contributed by atoms with E-state index in [1.807, 2.05) is 25.2 Å². The van der Waals surface area contributed by atoms with Crippen LogP contribution in [0.15, 0.2) is 29.3 Å². The van der Waals surface area contributed by atoms with E-state index in [4.69, 9.17) is 4.74 Å². The van der Waals surface area contributed by atoms with Crippen LogP contribution in [-0.4, -0.2) is 26.7 Å². The van der Waals surface area contributed by atoms with Crippen LogP contribution < -0.4 is 15.4 Å². The van der Waals surface area contributed by atoms with Crippen molar-refractivity contribution in [3.63, 3.8) is 0 Å². The fraction of sp³-hybridized carbons (Fsp3) is 0.588. The fourth-order valence-electron chi connectivity index (χ4n) is 3.03. The second kappa shape index (κ2) is 7.53. The van der Waals surface area contributed by atoms with E-state index in [1.165, 1.54) is 31.2 Å². The molecule has 1 aromatic rings. The van der Waals surface area contributed by atoms with E-state index in [0.29, 0.717) is 5.41 Å². The first-order valence-corrected chi connectivity index (χ1v) is 7.83. The molecule has 0 spiro atoms. The minimum Gasteiger partial charge on any atom is -0.497 e. The number of rotatable bonds is 6. The molecule has 122 valence electrons. The zero-order chi connectivity index (χ0) is 14.7. The molecule has 2 aliphatic rings. The lowest BCUT2D eigenvalue weighted by Gasteiger charge is -2.18. The third-order valence-electron chi connectivity index (χ3n) is 4.76. The molecule has 0 aromatic heterocycles. The largest absolute Gasteiger partial charge is 0.497 e. The lowest BCUT2D eigenvalue weighted by molar-refractivity contribution is 0.414. The van der Waals surface area contributed by atoms with Crippen LogP contribution in [0.4, 0.5) is 0 Å². The topological polar surface area (TPSA) is 45.7 Å². The summed E-state index contributed by atoms with van der Waals surface area (Å²) in [5.74, 6) is 2.76. The molecule has 2 N–H and O–H groups in total. The molecule has 0 bridgehead atoms. The van der Waals surface area contributed by atoms with Crippen molar-refractivity contribution in [3.8, 4) is 5.75 Å². The number of ether oxygens (including phenoxy) is 1. The molecular formula is C17H26IN3O. The number of hydrogen-bond donors (Lipinski definition) is 2. The number of nitrogens with one attached hydrogen (secondary N) is 2. The van der Waals surface area contributed by atoms with E-state index in [2.05, 4.69) is 21.7 Å². The molecule has 0 heterocycles. The molecule has 2 saturated carbocycles. The molecule has 2 fully saturated rings. The van der Waals surface area contributed by atoms with Gasteiger partial charge in [-0.2, -0.15) is 0 Å². The summed E-state index contributed by atoms with van der Waals surface area (Å²) in [6, 6.07) is 8.11. The molecule has 0 amide bonds. The Kier molecular flexibility index (Phi) is 5.94. The number of benzene rings is 1. The Morgan fingerprint density at radius 2 is 2.09 bits per heavy atom. The first kappa shape index (κ1) is 17.4. The number of nitrogens with zero attached hydrogens (tertiary/aromatic N) is 1. The summed E-state index contributed by atoms with van der Waals surface area (Å²) < 4.78 is 5.25. The molecule has 4 nitrogen and oxygen atoms in total. The number of methoxy groups -OCH3 is 1. The SMILES string of the molecule is CN=C(NCc1cccc(OC)c1)NCC1(C2CC2)CC1.I. The number of halogens is 1. The Morgan fingerprint density at radius 3 is 2.68 bits per heavy atom. The molecule has 2 aliphatic carbocycles. The van der Waals surface area contributed by atoms with Gasteiger partial charge in [0.2, 0.25) is 0 Å². The van der Waals surface area contributed by atoms with Crippen LogP contribution in [0.1, 0.15) is 31.2 Å². The number of guanidine groups is 1. The lowest BCUT2D eigenvalue weighted by Crippen LogP contribution is -2.40. The maximum absolute atomic E-state index is 5.25. The first-order chi connectivity index (χ1) is 10.3. The normalized spacial score (nSPS) is 19.1. The molecular weight excluding hydrogens is 389 g/mol. The summed E-state index contributed by atoms with van der Waals surface area (Å²) in [5, 5.41) is 6.88. The monoisotopic (exact) mass is 415 g/mol. The summed E-state index contributed by atoms with van der Waals surface area (Å²) in [6.45, 7) is 1.82. The molecule has 3 rings (SSSR count). The van der Waals surface area contributed by atoms with Gasteiger partial charge in [0.25, 0.3) is 0 Å². The van der Waals surface area contributed by atoms with E-state index in [1.54, 1.807) is 7.11 Å². The third-order valence-corrected chi connectivity index (χ3v) is 4.76. The maximum atomic E-state index is 5.25. The van der Waals surface area contributed by atoms with Crippen LogP contribution in [0, 0.1) is 11.3 Å². The highest BCUT2D eigenvalue weighted by molar-refractivity contribution is 14.0. The Bertz CT molecular complexity index is 524. The fourth-order valence-corrected chi connectivity index (χ4v) is 3.03. The first-order valence-electron chi connectivity index (χ1n) is 7.83. The van der Waals surface area contributed by atoms with Gasteiger partial charge in [-0.1, -0.05) is 12.1 Å². The Labute approximate surface area is 150 Å². The van der Waals surface area contributed by atoms with Gasteiger partial charge in [-0.25, -0.2) is 0 Å². The second-order valence-electron chi connectivity index (χ2n) is 6.27. The van der Waals surface area contributed by atoms with E-state index in [0.717, 1.165) is 30.7 Å². The van der Waals surface area contributed by atoms with Crippen molar-refractivity contribution < 1.29 is 4.74 Å². The van der Waals surface area contributed by atoms with Crippen molar-refractivity contribution in [2.45, 2.75) is 32.2 Å². The lowest BCUT2D eigenvalue weighted by atomic mass is 10.0. The Balaban J connectivity index is 0.00000176. The van der Waals surface area contributed by atoms with Gasteiger partial charge in [0, 0.05) is 20.1 Å². The number of hydrogen-bond acceptors (Lipinski definition) is 2. The Hall–Kier alpha value is -0.980. The van der Waals surface area contributed by atoms with Crippen molar-refractivity contribution in [3.05, 3.63) is 29.8 Å². The molecule has 0 saturated heterocycles. The van der Waals surface area contributed by atoms with Gasteiger partial charge in [0.05, 0.1) is 7.11 Å². The van der Waals surface area contributed by atoms with Crippen LogP contribution in [0.2, 0.25) is 0 Å². The Morgan fingerprint density at radius 1 is 1.32 bits per heavy atom. The van der Waals surface area contributed by atoms with Gasteiger partial charge in [-0.05, 0) is 54.7 Å². The van der Waals surface area contributed by atoms with Gasteiger partial charge in [0.1, 0.15) is 5.75 Å². The van der Waals surface area contributed by atoms with Crippen molar-refractivity contribution in [2.24, 2.45) is 16.3 Å². The highest BCUT2D eigenvalue weighted by Crippen LogP contribution is 2.60. The molecule has 0 radical (unpaired) electrons. The van der Waals surface area contributed by atoms with Crippen LogP contribution in [0.25, 0.3) is 0 Å². The summed E-state index contributed by atoms with van der Waals surface area (Å²) >= 11 is 0. The van der Waals surface area contributed by atoms with Crippen molar-refractivity contribution in [1.29, 1.82) is 0 Å². The average molecular weight is 415 g/mol. The van der Waals surface area contributed by atoms with E-state index in [9.17, 15) is 0 Å². The van der Waals surface area contributed by atoms with Crippen molar-refractivity contribution in [2.75, 3.05) is 20.7 Å². The molecule has 1 aromatic carbocycles. The van der Waals surface area contributed by atoms with E-state index < -0.39 is 0 Å². The summed E-state index contributed by atoms with van der Waals surface area (Å²) in [5.41, 5.74) is 1.79. The highest BCUT2D eigenvalue weighted by atomic mass is 127. The van der Waals surface area contributed by atoms with Crippen LogP contribution in [0.3, 0.4) is 0 Å². The minimum atomic E-state index is 0. The zero-order valence-electron chi connectivity index (χ0n) is 13.4. The predicted octanol–water partition coefficient (Wildman–Crippen LogP) is 3.17. The van der Waals surface area contributed by atoms with Gasteiger partial charge in [-0.3, -0.25) is 4.99 Å². The smallest absolute Gasteiger partial charge is 0.191 e. The molecule has 0 unspecified atom stereocenters. The predicted molar refractivity (Wildman–Crippen MR) is 101 cm³/mol. The number of aliphatic imine (C=N–C) groups is 1. The quantitative estimate of drug-likeness (QED) is 0.426. The van der Waals surface area contributed by atoms with Crippen molar-refractivity contribution >= 4 is 29.9 Å². The zero-order valence-corrected chi connectivity index (χ0v) is 15.7. The van der Waals surface area contributed by atoms with Gasteiger partial charge in [0.15, 0.2) is 5.96 Å². The summed E-state index contributed by atoms with van der Waals surface area (Å²) in [4.78, 5) is 4.32. The maximum Gasteiger partial charge on any atom is 0.191 e. The van der Waals surface area contributed by atoms with Crippen LogP contribution >= 0.6 is 24.0 Å². The van der Waals surface area contributed by atoms with Gasteiger partial charge >= 0.3 is 0 Å². The summed E-state index contributed by atoms with van der Waals surface area (Å²) in [7, 11) is 3.53. The van der Waals surface area contributed by atoms with E-state index >= 15 is 0 Å². The van der Waals surface area contributed by atoms with Crippen molar-refractivity contribution in [1.82, 2.24) is 10.6 Å². The second-order valence-corrected chi connectivity index (χ2v) is 6.27. The average Bonchev–Trinajstić information content (AvgIpc) is 3.39. The van der Waals surface area contributed by atoms with Gasteiger partial charge in [-0.15, -0.1) is 24.0 Å². The standard InChI is InChI=1S/C17H25N3O.HI/c1-18-16(20-12-17(8-9-17)14-6-7-14)19-11-13-4-3-5-15(10-13)21-2;/h3-5,10,14H,6-9,11-12H2,1-2H3,(H2,18,19,20);1H. The van der Waals surface area contributed by atoms with Crippen LogP contribution in [0.5, 0.6) is 5.75 Å². The van der Waals surface area contributed by atoms with Gasteiger partial charge < -0.3 is 15.4 Å². The third kappa shape index (κ3) is 4.27. The molecule has 5 heteroatoms. The molecule has 22 heavy (non-hydrogen) atoms. The highest BCUT2D eigenvalue weighted by Gasteiger charge is 2.53. The van der Waals surface area contributed by atoms with Crippen LogP contribution in [-0.2, 0) is 6.54 Å². The summed E-state index contributed by atoms with van der Waals surface area (Å²) in [6.07, 6.45) is 5.63. The minimum absolute atomic E-state index is 0. The molecule has 0 atom stereocenters. The van der Waals surface area contributed by atoms with E-state index in [-0.39, 0.29) is 24.0 Å².